The van der Waals surface area contributed by atoms with E-state index in [0.29, 0.717) is 19.5 Å². The number of rotatable bonds is 2. The Hall–Kier alpha value is -2.54. The van der Waals surface area contributed by atoms with Crippen LogP contribution in [0.1, 0.15) is 24.0 Å². The zero-order chi connectivity index (χ0) is 19.1. The van der Waals surface area contributed by atoms with Crippen LogP contribution in [-0.2, 0) is 17.5 Å². The van der Waals surface area contributed by atoms with E-state index in [2.05, 4.69) is 15.5 Å². The number of alkyl halides is 3. The van der Waals surface area contributed by atoms with E-state index in [0.717, 1.165) is 42.0 Å². The smallest absolute Gasteiger partial charge is 0.376 e. The van der Waals surface area contributed by atoms with Crippen molar-refractivity contribution in [2.24, 2.45) is 0 Å². The number of halogens is 3. The van der Waals surface area contributed by atoms with Gasteiger partial charge in [0.15, 0.2) is 0 Å². The minimum Gasteiger partial charge on any atom is -0.376 e. The summed E-state index contributed by atoms with van der Waals surface area (Å²) in [6.07, 6.45) is -3.15. The summed E-state index contributed by atoms with van der Waals surface area (Å²) in [6, 6.07) is 12.9. The molecule has 1 unspecified atom stereocenters. The number of hydrogen-bond donors (Lipinski definition) is 2. The summed E-state index contributed by atoms with van der Waals surface area (Å²) >= 11 is 0. The second kappa shape index (κ2) is 6.56. The molecule has 2 aromatic carbocycles. The van der Waals surface area contributed by atoms with E-state index >= 15 is 0 Å². The molecule has 1 spiro atoms. The second-order valence-corrected chi connectivity index (χ2v) is 7.33. The van der Waals surface area contributed by atoms with Crippen molar-refractivity contribution in [2.75, 3.05) is 23.7 Å². The first-order valence-corrected chi connectivity index (χ1v) is 8.89. The van der Waals surface area contributed by atoms with Crippen LogP contribution in [0.4, 0.5) is 24.5 Å². The number of nitrogens with one attached hydrogen (secondary N) is 2. The van der Waals surface area contributed by atoms with Crippen molar-refractivity contribution in [1.82, 2.24) is 4.90 Å². The highest BCUT2D eigenvalue weighted by molar-refractivity contribution is 5.97. The number of para-hydroxylation sites is 2. The lowest BCUT2D eigenvalue weighted by Crippen LogP contribution is -2.42. The van der Waals surface area contributed by atoms with Gasteiger partial charge in [-0.25, -0.2) is 0 Å². The van der Waals surface area contributed by atoms with Crippen LogP contribution >= 0.6 is 0 Å². The Bertz CT molecular complexity index is 850. The highest BCUT2D eigenvalue weighted by Crippen LogP contribution is 2.36. The average molecular weight is 375 g/mol. The summed E-state index contributed by atoms with van der Waals surface area (Å²) in [5, 5.41) is 6.47. The summed E-state index contributed by atoms with van der Waals surface area (Å²) in [5.74, 6) is -0.0242. The Balaban J connectivity index is 1.47. The fraction of sp³-hybridized carbons (Fsp3) is 0.350. The van der Waals surface area contributed by atoms with Gasteiger partial charge in [0, 0.05) is 19.6 Å². The van der Waals surface area contributed by atoms with Crippen LogP contribution in [0.25, 0.3) is 0 Å². The van der Waals surface area contributed by atoms with Crippen molar-refractivity contribution in [3.8, 4) is 0 Å². The molecule has 4 nitrogen and oxygen atoms in total. The summed E-state index contributed by atoms with van der Waals surface area (Å²) in [6.45, 7) is 2.00. The molecule has 2 aliphatic heterocycles. The number of likely N-dealkylation sites (tertiary alicyclic amines) is 1. The fourth-order valence-electron chi connectivity index (χ4n) is 3.93. The van der Waals surface area contributed by atoms with Crippen molar-refractivity contribution < 1.29 is 18.0 Å². The Morgan fingerprint density at radius 2 is 1.74 bits per heavy atom. The van der Waals surface area contributed by atoms with E-state index in [-0.39, 0.29) is 11.4 Å². The van der Waals surface area contributed by atoms with Gasteiger partial charge in [-0.15, -0.1) is 0 Å². The van der Waals surface area contributed by atoms with E-state index in [1.165, 1.54) is 12.1 Å². The van der Waals surface area contributed by atoms with Crippen molar-refractivity contribution >= 4 is 17.3 Å². The first-order chi connectivity index (χ1) is 12.8. The monoisotopic (exact) mass is 375 g/mol. The van der Waals surface area contributed by atoms with Gasteiger partial charge < -0.3 is 10.6 Å². The molecule has 0 aliphatic carbocycles. The molecule has 0 aromatic heterocycles. The third-order valence-electron chi connectivity index (χ3n) is 5.22. The fourth-order valence-corrected chi connectivity index (χ4v) is 3.93. The van der Waals surface area contributed by atoms with Crippen LogP contribution in [0, 0.1) is 0 Å². The molecule has 0 radical (unpaired) electrons. The molecule has 2 N–H and O–H groups in total. The summed E-state index contributed by atoms with van der Waals surface area (Å²) in [5.41, 5.74) is 1.52. The molecule has 2 aliphatic rings. The van der Waals surface area contributed by atoms with Crippen LogP contribution in [0.3, 0.4) is 0 Å². The Morgan fingerprint density at radius 3 is 2.44 bits per heavy atom. The molecule has 1 atom stereocenters. The zero-order valence-electron chi connectivity index (χ0n) is 14.6. The van der Waals surface area contributed by atoms with Crippen molar-refractivity contribution in [1.29, 1.82) is 0 Å². The van der Waals surface area contributed by atoms with Crippen molar-refractivity contribution in [3.63, 3.8) is 0 Å². The van der Waals surface area contributed by atoms with Gasteiger partial charge in [-0.2, -0.15) is 13.2 Å². The van der Waals surface area contributed by atoms with Gasteiger partial charge >= 0.3 is 6.18 Å². The Kier molecular flexibility index (Phi) is 4.34. The molecule has 1 fully saturated rings. The number of amides is 1. The molecule has 4 rings (SSSR count). The Labute approximate surface area is 155 Å². The van der Waals surface area contributed by atoms with Gasteiger partial charge in [0.2, 0.25) is 5.91 Å². The molecule has 142 valence electrons. The van der Waals surface area contributed by atoms with Crippen LogP contribution in [-0.4, -0.2) is 29.4 Å². The lowest BCUT2D eigenvalue weighted by Gasteiger charge is -2.29. The molecule has 2 heterocycles. The van der Waals surface area contributed by atoms with Gasteiger partial charge in [0.05, 0.1) is 28.9 Å². The van der Waals surface area contributed by atoms with Crippen LogP contribution in [0.15, 0.2) is 48.5 Å². The lowest BCUT2D eigenvalue weighted by molar-refractivity contribution is -0.137. The number of anilines is 2. The van der Waals surface area contributed by atoms with Crippen molar-refractivity contribution in [3.05, 3.63) is 59.7 Å². The maximum atomic E-state index is 12.7. The number of fused-ring (bicyclic) bond motifs is 1. The highest BCUT2D eigenvalue weighted by atomic mass is 19.4. The van der Waals surface area contributed by atoms with Gasteiger partial charge in [-0.3, -0.25) is 9.69 Å². The van der Waals surface area contributed by atoms with E-state index in [1.807, 2.05) is 24.3 Å². The maximum absolute atomic E-state index is 12.7. The van der Waals surface area contributed by atoms with E-state index in [4.69, 9.17) is 0 Å². The number of hydrogen-bond acceptors (Lipinski definition) is 3. The molecule has 1 saturated heterocycles. The molecule has 7 heteroatoms. The highest BCUT2D eigenvalue weighted by Gasteiger charge is 2.41. The largest absolute Gasteiger partial charge is 0.416 e. The van der Waals surface area contributed by atoms with Gasteiger partial charge in [-0.05, 0) is 36.2 Å². The van der Waals surface area contributed by atoms with Crippen molar-refractivity contribution in [2.45, 2.75) is 31.1 Å². The normalized spacial score (nSPS) is 22.9. The summed E-state index contributed by atoms with van der Waals surface area (Å²) < 4.78 is 38.1. The summed E-state index contributed by atoms with van der Waals surface area (Å²) in [7, 11) is 0. The molecular weight excluding hydrogens is 355 g/mol. The average Bonchev–Trinajstić information content (AvgIpc) is 2.91. The number of carbonyl (C=O) groups excluding carboxylic acids is 1. The van der Waals surface area contributed by atoms with E-state index < -0.39 is 11.7 Å². The van der Waals surface area contributed by atoms with E-state index in [9.17, 15) is 18.0 Å². The van der Waals surface area contributed by atoms with Gasteiger partial charge in [0.1, 0.15) is 0 Å². The third kappa shape index (κ3) is 3.78. The predicted molar refractivity (Wildman–Crippen MR) is 97.4 cm³/mol. The zero-order valence-corrected chi connectivity index (χ0v) is 14.6. The maximum Gasteiger partial charge on any atom is 0.416 e. The molecular formula is C20H20F3N3O. The standard InChI is InChI=1S/C20H20F3N3O/c21-20(22,23)15-7-5-14(6-8-15)12-26-10-9-19(13-26)11-18(27)24-16-3-1-2-4-17(16)25-19/h1-8,25H,9-13H2,(H,24,27). The quantitative estimate of drug-likeness (QED) is 0.831. The molecule has 27 heavy (non-hydrogen) atoms. The van der Waals surface area contributed by atoms with Gasteiger partial charge in [-0.1, -0.05) is 24.3 Å². The molecule has 0 saturated carbocycles. The SMILES string of the molecule is O=C1CC2(CCN(Cc3ccc(C(F)(F)F)cc3)C2)Nc2ccccc2N1. The van der Waals surface area contributed by atoms with Crippen LogP contribution in [0.2, 0.25) is 0 Å². The predicted octanol–water partition coefficient (Wildman–Crippen LogP) is 4.10. The van der Waals surface area contributed by atoms with Gasteiger partial charge in [0.25, 0.3) is 0 Å². The minimum absolute atomic E-state index is 0.0242. The third-order valence-corrected chi connectivity index (χ3v) is 5.22. The lowest BCUT2D eigenvalue weighted by atomic mass is 9.93. The second-order valence-electron chi connectivity index (χ2n) is 7.33. The van der Waals surface area contributed by atoms with E-state index in [1.54, 1.807) is 0 Å². The first-order valence-electron chi connectivity index (χ1n) is 8.89. The van der Waals surface area contributed by atoms with Crippen LogP contribution < -0.4 is 10.6 Å². The first kappa shape index (κ1) is 17.9. The molecule has 1 amide bonds. The minimum atomic E-state index is -4.32. The molecule has 0 bridgehead atoms. The van der Waals surface area contributed by atoms with Crippen LogP contribution in [0.5, 0.6) is 0 Å². The number of carbonyl (C=O) groups is 1. The number of nitrogens with zero attached hydrogens (tertiary/aromatic N) is 1. The Morgan fingerprint density at radius 1 is 1.04 bits per heavy atom. The summed E-state index contributed by atoms with van der Waals surface area (Å²) in [4.78, 5) is 14.5. The molecule has 2 aromatic rings. The number of benzene rings is 2. The topological polar surface area (TPSA) is 44.4 Å².